The van der Waals surface area contributed by atoms with Crippen LogP contribution in [0.3, 0.4) is 0 Å². The van der Waals surface area contributed by atoms with Crippen LogP contribution < -0.4 is 8.92 Å². The van der Waals surface area contributed by atoms with E-state index in [2.05, 4.69) is 6.92 Å². The average molecular weight is 382 g/mol. The molecule has 2 N–H and O–H groups in total. The summed E-state index contributed by atoms with van der Waals surface area (Å²) in [7, 11) is -3.13. The van der Waals surface area contributed by atoms with Crippen molar-refractivity contribution in [1.29, 1.82) is 0 Å². The maximum Gasteiger partial charge on any atom is 0.446 e. The second-order valence-electron chi connectivity index (χ2n) is 8.27. The summed E-state index contributed by atoms with van der Waals surface area (Å²) >= 11 is 0. The van der Waals surface area contributed by atoms with Crippen molar-refractivity contribution in [3.05, 3.63) is 23.3 Å². The lowest BCUT2D eigenvalue weighted by atomic mass is 9.55. The molecule has 144 valence electrons. The molecule has 0 saturated heterocycles. The summed E-state index contributed by atoms with van der Waals surface area (Å²) in [5.41, 5.74) is 2.29. The van der Waals surface area contributed by atoms with Gasteiger partial charge in [-0.3, -0.25) is 4.55 Å². The summed E-state index contributed by atoms with van der Waals surface area (Å²) in [6.07, 6.45) is 5.66. The maximum atomic E-state index is 11.1. The van der Waals surface area contributed by atoms with E-state index in [0.29, 0.717) is 23.5 Å². The summed E-state index contributed by atoms with van der Waals surface area (Å²) in [5, 5.41) is 10.5. The van der Waals surface area contributed by atoms with Gasteiger partial charge >= 0.3 is 10.4 Å². The Morgan fingerprint density at radius 3 is 2.62 bits per heavy atom. The van der Waals surface area contributed by atoms with E-state index < -0.39 is 10.4 Å². The van der Waals surface area contributed by atoms with Gasteiger partial charge in [-0.05, 0) is 85.0 Å². The molecular formula is C19H26O6S. The van der Waals surface area contributed by atoms with E-state index in [1.807, 2.05) is 6.07 Å². The smallest absolute Gasteiger partial charge is 0.446 e. The molecule has 2 saturated carbocycles. The molecule has 2 fully saturated rings. The Bertz CT molecular complexity index is 820. The summed E-state index contributed by atoms with van der Waals surface area (Å²) in [6.45, 7) is 2.24. The molecule has 4 rings (SSSR count). The molecule has 5 atom stereocenters. The highest BCUT2D eigenvalue weighted by Gasteiger charge is 2.54. The normalized spacial score (nSPS) is 36.0. The van der Waals surface area contributed by atoms with Crippen molar-refractivity contribution < 1.29 is 27.0 Å². The van der Waals surface area contributed by atoms with Gasteiger partial charge in [-0.2, -0.15) is 8.42 Å². The molecule has 1 aromatic carbocycles. The van der Waals surface area contributed by atoms with Crippen LogP contribution in [-0.4, -0.2) is 31.3 Å². The Morgan fingerprint density at radius 2 is 1.92 bits per heavy atom. The average Bonchev–Trinajstić information content (AvgIpc) is 2.88. The van der Waals surface area contributed by atoms with Crippen molar-refractivity contribution in [2.45, 2.75) is 57.5 Å². The Labute approximate surface area is 154 Å². The van der Waals surface area contributed by atoms with Crippen molar-refractivity contribution in [3.63, 3.8) is 0 Å². The van der Waals surface area contributed by atoms with Crippen molar-refractivity contribution in [2.24, 2.45) is 17.3 Å². The van der Waals surface area contributed by atoms with Gasteiger partial charge in [0.2, 0.25) is 0 Å². The monoisotopic (exact) mass is 382 g/mol. The van der Waals surface area contributed by atoms with Gasteiger partial charge in [0.1, 0.15) is 0 Å². The molecule has 0 radical (unpaired) electrons. The molecule has 5 unspecified atom stereocenters. The van der Waals surface area contributed by atoms with Crippen LogP contribution in [0.1, 0.15) is 56.1 Å². The van der Waals surface area contributed by atoms with Crippen molar-refractivity contribution in [1.82, 2.24) is 0 Å². The third kappa shape index (κ3) is 2.80. The number of methoxy groups -OCH3 is 1. The van der Waals surface area contributed by atoms with E-state index in [1.165, 1.54) is 12.7 Å². The number of hydrogen-bond donors (Lipinski definition) is 2. The minimum absolute atomic E-state index is 0.0246. The fraction of sp³-hybridized carbons (Fsp3) is 0.684. The third-order valence-electron chi connectivity index (χ3n) is 7.15. The number of aryl methyl sites for hydroxylation is 1. The Kier molecular flexibility index (Phi) is 4.24. The third-order valence-corrected chi connectivity index (χ3v) is 7.54. The molecule has 6 nitrogen and oxygen atoms in total. The van der Waals surface area contributed by atoms with E-state index in [-0.39, 0.29) is 17.3 Å². The van der Waals surface area contributed by atoms with Crippen LogP contribution in [-0.2, 0) is 16.8 Å². The predicted octanol–water partition coefficient (Wildman–Crippen LogP) is 3.09. The molecule has 3 aliphatic carbocycles. The first-order chi connectivity index (χ1) is 12.2. The highest BCUT2D eigenvalue weighted by atomic mass is 32.3. The zero-order valence-corrected chi connectivity index (χ0v) is 16.0. The highest BCUT2D eigenvalue weighted by Crippen LogP contribution is 2.61. The number of benzene rings is 1. The number of ether oxygens (including phenoxy) is 1. The number of fused-ring (bicyclic) bond motifs is 5. The van der Waals surface area contributed by atoms with Crippen molar-refractivity contribution >= 4 is 10.4 Å². The zero-order valence-electron chi connectivity index (χ0n) is 15.1. The van der Waals surface area contributed by atoms with Gasteiger partial charge in [-0.15, -0.1) is 0 Å². The van der Waals surface area contributed by atoms with E-state index in [4.69, 9.17) is 13.5 Å². The van der Waals surface area contributed by atoms with Gasteiger partial charge in [-0.1, -0.05) is 6.92 Å². The molecule has 0 bridgehead atoms. The van der Waals surface area contributed by atoms with Gasteiger partial charge in [0.05, 0.1) is 13.2 Å². The van der Waals surface area contributed by atoms with Crippen LogP contribution in [0.5, 0.6) is 11.5 Å². The van der Waals surface area contributed by atoms with Gasteiger partial charge < -0.3 is 14.0 Å². The van der Waals surface area contributed by atoms with Crippen LogP contribution in [0.2, 0.25) is 0 Å². The lowest BCUT2D eigenvalue weighted by molar-refractivity contribution is -0.0226. The largest absolute Gasteiger partial charge is 0.493 e. The van der Waals surface area contributed by atoms with Crippen LogP contribution in [0, 0.1) is 17.3 Å². The van der Waals surface area contributed by atoms with E-state index >= 15 is 0 Å². The summed E-state index contributed by atoms with van der Waals surface area (Å²) < 4.78 is 41.2. The van der Waals surface area contributed by atoms with Crippen molar-refractivity contribution in [2.75, 3.05) is 7.11 Å². The molecule has 0 amide bonds. The van der Waals surface area contributed by atoms with Gasteiger partial charge in [0.25, 0.3) is 0 Å². The van der Waals surface area contributed by atoms with Gasteiger partial charge in [0, 0.05) is 0 Å². The first-order valence-corrected chi connectivity index (χ1v) is 10.6. The molecule has 0 aromatic heterocycles. The van der Waals surface area contributed by atoms with Crippen LogP contribution in [0.15, 0.2) is 12.1 Å². The second kappa shape index (κ2) is 6.11. The molecule has 0 aliphatic heterocycles. The van der Waals surface area contributed by atoms with Gasteiger partial charge in [-0.25, -0.2) is 0 Å². The Morgan fingerprint density at radius 1 is 1.15 bits per heavy atom. The first-order valence-electron chi connectivity index (χ1n) is 9.28. The molecule has 3 aliphatic rings. The quantitative estimate of drug-likeness (QED) is 0.781. The summed E-state index contributed by atoms with van der Waals surface area (Å²) in [4.78, 5) is 0. The predicted molar refractivity (Wildman–Crippen MR) is 95.8 cm³/mol. The van der Waals surface area contributed by atoms with E-state index in [9.17, 15) is 13.5 Å². The van der Waals surface area contributed by atoms with Crippen LogP contribution >= 0.6 is 0 Å². The molecule has 7 heteroatoms. The number of aliphatic hydroxyl groups excluding tert-OH is 1. The van der Waals surface area contributed by atoms with Gasteiger partial charge in [0.15, 0.2) is 11.5 Å². The zero-order chi connectivity index (χ0) is 18.7. The first kappa shape index (κ1) is 18.1. The second-order valence-corrected chi connectivity index (χ2v) is 9.29. The fourth-order valence-corrected chi connectivity index (χ4v) is 6.25. The van der Waals surface area contributed by atoms with E-state index in [0.717, 1.165) is 44.1 Å². The minimum Gasteiger partial charge on any atom is -0.493 e. The fourth-order valence-electron chi connectivity index (χ4n) is 5.89. The number of aliphatic hydroxyl groups is 1. The Balaban J connectivity index is 1.70. The summed E-state index contributed by atoms with van der Waals surface area (Å²) in [5.74, 6) is 1.82. The molecule has 0 heterocycles. The number of rotatable bonds is 3. The summed E-state index contributed by atoms with van der Waals surface area (Å²) in [6, 6.07) is 3.57. The lowest BCUT2D eigenvalue weighted by Gasteiger charge is -2.50. The highest BCUT2D eigenvalue weighted by molar-refractivity contribution is 7.81. The molecule has 1 aromatic rings. The van der Waals surface area contributed by atoms with Crippen LogP contribution in [0.25, 0.3) is 0 Å². The lowest BCUT2D eigenvalue weighted by Crippen LogP contribution is -2.43. The topological polar surface area (TPSA) is 93.1 Å². The van der Waals surface area contributed by atoms with E-state index in [1.54, 1.807) is 6.07 Å². The maximum absolute atomic E-state index is 11.1. The SMILES string of the molecule is COc1cc2c(cc1OS(=O)(=O)O)CCC1C2CCC2(C)C(O)CCC12. The Hall–Kier alpha value is -1.31. The number of hydrogen-bond acceptors (Lipinski definition) is 5. The van der Waals surface area contributed by atoms with Crippen molar-refractivity contribution in [3.8, 4) is 11.5 Å². The minimum atomic E-state index is -4.59. The van der Waals surface area contributed by atoms with Crippen LogP contribution in [0.4, 0.5) is 0 Å². The molecule has 0 spiro atoms. The molecule has 26 heavy (non-hydrogen) atoms. The molecular weight excluding hydrogens is 356 g/mol. The standard InChI is InChI=1S/C19H26O6S/c1-19-8-7-12-13(15(19)5-6-18(19)20)4-3-11-9-17(25-26(21,22)23)16(24-2)10-14(11)12/h9-10,12-13,15,18,20H,3-8H2,1-2H3,(H,21,22,23).